The van der Waals surface area contributed by atoms with Gasteiger partial charge in [0.1, 0.15) is 36.4 Å². The zero-order valence-corrected chi connectivity index (χ0v) is 21.2. The molecule has 2 aromatic rings. The van der Waals surface area contributed by atoms with Crippen molar-refractivity contribution in [2.24, 2.45) is 11.1 Å². The van der Waals surface area contributed by atoms with Gasteiger partial charge in [-0.05, 0) is 48.6 Å². The lowest BCUT2D eigenvalue weighted by molar-refractivity contribution is -0.119. The number of Topliss-reactive ketones (excluding diaryl/α,β-unsaturated/α-hetero) is 1. The van der Waals surface area contributed by atoms with Gasteiger partial charge in [0, 0.05) is 18.4 Å². The number of nitriles is 1. The number of para-hydroxylation sites is 1. The Morgan fingerprint density at radius 2 is 1.78 bits per heavy atom. The van der Waals surface area contributed by atoms with E-state index in [1.54, 1.807) is 6.07 Å². The summed E-state index contributed by atoms with van der Waals surface area (Å²) < 4.78 is 23.4. The monoisotopic (exact) mass is 488 g/mol. The molecule has 0 saturated carbocycles. The lowest BCUT2D eigenvalue weighted by Crippen LogP contribution is -2.33. The van der Waals surface area contributed by atoms with Crippen LogP contribution in [0.2, 0.25) is 0 Å². The van der Waals surface area contributed by atoms with Crippen molar-refractivity contribution in [1.82, 2.24) is 0 Å². The van der Waals surface area contributed by atoms with Crippen molar-refractivity contribution in [1.29, 1.82) is 5.26 Å². The Kier molecular flexibility index (Phi) is 7.25. The second-order valence-corrected chi connectivity index (χ2v) is 9.80. The van der Waals surface area contributed by atoms with Crippen LogP contribution >= 0.6 is 0 Å². The van der Waals surface area contributed by atoms with E-state index in [0.29, 0.717) is 55.5 Å². The van der Waals surface area contributed by atoms with Crippen LogP contribution in [-0.2, 0) is 9.53 Å². The minimum atomic E-state index is -0.611. The van der Waals surface area contributed by atoms with Gasteiger partial charge >= 0.3 is 0 Å². The number of aryl methyl sites for hydroxylation is 1. The number of carbonyl (C=O) groups excluding carboxylic acids is 1. The third-order valence-corrected chi connectivity index (χ3v) is 6.37. The summed E-state index contributed by atoms with van der Waals surface area (Å²) in [5.74, 6) is 1.85. The summed E-state index contributed by atoms with van der Waals surface area (Å²) >= 11 is 0. The Bertz CT molecular complexity index is 1270. The SMILES string of the molecule is CCOc1cc(C2C(C#N)=C(N)OC3=C2C(=O)CC(C)(C)C3)ccc1OCCOc1ccccc1C. The van der Waals surface area contributed by atoms with Crippen molar-refractivity contribution < 1.29 is 23.7 Å². The zero-order valence-electron chi connectivity index (χ0n) is 21.2. The number of allylic oxidation sites excluding steroid dienone is 3. The van der Waals surface area contributed by atoms with E-state index in [1.807, 2.05) is 64.1 Å². The van der Waals surface area contributed by atoms with Crippen LogP contribution in [0, 0.1) is 23.7 Å². The van der Waals surface area contributed by atoms with Crippen molar-refractivity contribution in [2.75, 3.05) is 19.8 Å². The van der Waals surface area contributed by atoms with Gasteiger partial charge in [-0.2, -0.15) is 5.26 Å². The van der Waals surface area contributed by atoms with Crippen LogP contribution in [0.25, 0.3) is 0 Å². The highest BCUT2D eigenvalue weighted by molar-refractivity contribution is 6.00. The summed E-state index contributed by atoms with van der Waals surface area (Å²) in [4.78, 5) is 13.2. The van der Waals surface area contributed by atoms with E-state index in [0.717, 1.165) is 16.9 Å². The maximum atomic E-state index is 13.2. The molecule has 0 aromatic heterocycles. The molecule has 2 N–H and O–H groups in total. The highest BCUT2D eigenvalue weighted by Gasteiger charge is 2.43. The van der Waals surface area contributed by atoms with Crippen molar-refractivity contribution in [3.8, 4) is 23.3 Å². The first-order chi connectivity index (χ1) is 17.2. The average Bonchev–Trinajstić information content (AvgIpc) is 2.82. The lowest BCUT2D eigenvalue weighted by Gasteiger charge is -2.37. The van der Waals surface area contributed by atoms with E-state index < -0.39 is 5.92 Å². The molecule has 1 aliphatic carbocycles. The molecule has 0 bridgehead atoms. The fourth-order valence-corrected chi connectivity index (χ4v) is 4.73. The molecule has 1 aliphatic heterocycles. The minimum Gasteiger partial charge on any atom is -0.490 e. The van der Waals surface area contributed by atoms with Crippen LogP contribution in [0.4, 0.5) is 0 Å². The molecular formula is C29H32N2O5. The predicted octanol–water partition coefficient (Wildman–Crippen LogP) is 5.30. The average molecular weight is 489 g/mol. The van der Waals surface area contributed by atoms with Crippen molar-refractivity contribution in [3.63, 3.8) is 0 Å². The van der Waals surface area contributed by atoms with E-state index in [2.05, 4.69) is 6.07 Å². The van der Waals surface area contributed by atoms with E-state index >= 15 is 0 Å². The van der Waals surface area contributed by atoms with E-state index in [-0.39, 0.29) is 22.7 Å². The maximum Gasteiger partial charge on any atom is 0.205 e. The smallest absolute Gasteiger partial charge is 0.205 e. The molecule has 0 amide bonds. The molecule has 0 radical (unpaired) electrons. The number of ketones is 1. The van der Waals surface area contributed by atoms with Crippen LogP contribution in [0.5, 0.6) is 17.2 Å². The Hall–Kier alpha value is -3.92. The van der Waals surface area contributed by atoms with Crippen molar-refractivity contribution in [3.05, 3.63) is 76.4 Å². The molecule has 7 nitrogen and oxygen atoms in total. The molecule has 1 heterocycles. The first-order valence-electron chi connectivity index (χ1n) is 12.2. The van der Waals surface area contributed by atoms with E-state index in [4.69, 9.17) is 24.7 Å². The third kappa shape index (κ3) is 5.18. The number of hydrogen-bond acceptors (Lipinski definition) is 7. The normalized spacial score (nSPS) is 18.8. The number of nitrogens with zero attached hydrogens (tertiary/aromatic N) is 1. The van der Waals surface area contributed by atoms with Crippen LogP contribution in [0.15, 0.2) is 65.3 Å². The van der Waals surface area contributed by atoms with E-state index in [1.165, 1.54) is 0 Å². The Morgan fingerprint density at radius 1 is 1.06 bits per heavy atom. The summed E-state index contributed by atoms with van der Waals surface area (Å²) in [5.41, 5.74) is 8.42. The molecule has 4 rings (SSSR count). The molecule has 7 heteroatoms. The lowest BCUT2D eigenvalue weighted by atomic mass is 9.70. The van der Waals surface area contributed by atoms with Gasteiger partial charge in [0.15, 0.2) is 17.3 Å². The topological polar surface area (TPSA) is 104 Å². The predicted molar refractivity (Wildman–Crippen MR) is 135 cm³/mol. The summed E-state index contributed by atoms with van der Waals surface area (Å²) in [7, 11) is 0. The number of ether oxygens (including phenoxy) is 4. The number of carbonyl (C=O) groups is 1. The van der Waals surface area contributed by atoms with Crippen LogP contribution in [0.3, 0.4) is 0 Å². The molecule has 0 saturated heterocycles. The van der Waals surface area contributed by atoms with Crippen LogP contribution < -0.4 is 19.9 Å². The third-order valence-electron chi connectivity index (χ3n) is 6.37. The quantitative estimate of drug-likeness (QED) is 0.503. The largest absolute Gasteiger partial charge is 0.490 e. The van der Waals surface area contributed by atoms with Gasteiger partial charge in [-0.3, -0.25) is 4.79 Å². The summed E-state index contributed by atoms with van der Waals surface area (Å²) in [6, 6.07) is 15.4. The van der Waals surface area contributed by atoms with Crippen LogP contribution in [-0.4, -0.2) is 25.6 Å². The van der Waals surface area contributed by atoms with Gasteiger partial charge in [-0.25, -0.2) is 0 Å². The Balaban J connectivity index is 1.60. The van der Waals surface area contributed by atoms with Crippen molar-refractivity contribution >= 4 is 5.78 Å². The summed E-state index contributed by atoms with van der Waals surface area (Å²) in [6.07, 6.45) is 0.953. The van der Waals surface area contributed by atoms with Gasteiger partial charge in [0.2, 0.25) is 5.88 Å². The Labute approximate surface area is 212 Å². The zero-order chi connectivity index (χ0) is 25.9. The fourth-order valence-electron chi connectivity index (χ4n) is 4.73. The number of benzene rings is 2. The molecule has 188 valence electrons. The number of hydrogen-bond donors (Lipinski definition) is 1. The molecule has 1 unspecified atom stereocenters. The van der Waals surface area contributed by atoms with Crippen LogP contribution in [0.1, 0.15) is 50.7 Å². The molecule has 2 aliphatic rings. The standard InChI is InChI=1S/C29H32N2O5/c1-5-33-24-14-19(10-11-23(24)35-13-12-34-22-9-7-6-8-18(22)2)26-20(17-30)28(31)36-25-16-29(3,4)15-21(32)27(25)26/h6-11,14,26H,5,12-13,15-16,31H2,1-4H3. The molecule has 1 atom stereocenters. The molecule has 36 heavy (non-hydrogen) atoms. The molecular weight excluding hydrogens is 456 g/mol. The number of nitrogens with two attached hydrogens (primary N) is 1. The van der Waals surface area contributed by atoms with Gasteiger partial charge in [0.05, 0.1) is 12.5 Å². The van der Waals surface area contributed by atoms with Crippen molar-refractivity contribution in [2.45, 2.75) is 46.5 Å². The minimum absolute atomic E-state index is 0.0295. The summed E-state index contributed by atoms with van der Waals surface area (Å²) in [6.45, 7) is 9.05. The highest BCUT2D eigenvalue weighted by Crippen LogP contribution is 2.48. The molecule has 0 spiro atoms. The Morgan fingerprint density at radius 3 is 2.47 bits per heavy atom. The highest BCUT2D eigenvalue weighted by atomic mass is 16.5. The van der Waals surface area contributed by atoms with Gasteiger partial charge < -0.3 is 24.7 Å². The summed E-state index contributed by atoms with van der Waals surface area (Å²) in [5, 5.41) is 9.88. The second-order valence-electron chi connectivity index (χ2n) is 9.80. The second kappa shape index (κ2) is 10.4. The van der Waals surface area contributed by atoms with Gasteiger partial charge in [-0.1, -0.05) is 38.1 Å². The first-order valence-corrected chi connectivity index (χ1v) is 12.2. The van der Waals surface area contributed by atoms with Gasteiger partial charge in [0.25, 0.3) is 0 Å². The first kappa shape index (κ1) is 25.2. The van der Waals surface area contributed by atoms with Gasteiger partial charge in [-0.15, -0.1) is 0 Å². The number of rotatable bonds is 8. The molecule has 0 fully saturated rings. The fraction of sp³-hybridized carbons (Fsp3) is 0.379. The maximum absolute atomic E-state index is 13.2. The van der Waals surface area contributed by atoms with E-state index in [9.17, 15) is 10.1 Å². The molecule has 2 aromatic carbocycles.